The number of para-hydroxylation sites is 1. The highest BCUT2D eigenvalue weighted by Crippen LogP contribution is 2.43. The number of pyridine rings is 1. The Morgan fingerprint density at radius 3 is 2.34 bits per heavy atom. The molecule has 4 aromatic rings. The topological polar surface area (TPSA) is 62.2 Å². The Balaban J connectivity index is 1.49. The lowest BCUT2D eigenvalue weighted by molar-refractivity contribution is -0.116. The van der Waals surface area contributed by atoms with Gasteiger partial charge in [-0.05, 0) is 81.9 Å². The van der Waals surface area contributed by atoms with Crippen LogP contribution in [0.1, 0.15) is 52.3 Å². The molecule has 2 aromatic heterocycles. The lowest BCUT2D eigenvalue weighted by Crippen LogP contribution is -2.33. The van der Waals surface area contributed by atoms with Gasteiger partial charge in [-0.1, -0.05) is 42.0 Å². The van der Waals surface area contributed by atoms with Crippen LogP contribution in [-0.4, -0.2) is 32.0 Å². The third kappa shape index (κ3) is 4.94. The molecule has 5 rings (SSSR count). The first-order valence-electron chi connectivity index (χ1n) is 12.9. The van der Waals surface area contributed by atoms with Crippen LogP contribution in [0.15, 0.2) is 79.0 Å². The minimum absolute atomic E-state index is 0.0387. The fraction of sp³-hybridized carbons (Fsp3) is 0.258. The average molecular weight is 524 g/mol. The molecule has 2 aromatic carbocycles. The second-order valence-corrected chi connectivity index (χ2v) is 10.3. The number of anilines is 1. The molecule has 2 unspecified atom stereocenters. The summed E-state index contributed by atoms with van der Waals surface area (Å²) < 4.78 is 2.31. The van der Waals surface area contributed by atoms with Gasteiger partial charge in [0.05, 0.1) is 17.8 Å². The van der Waals surface area contributed by atoms with Gasteiger partial charge < -0.3 is 20.1 Å². The van der Waals surface area contributed by atoms with Crippen molar-refractivity contribution < 1.29 is 4.79 Å². The maximum absolute atomic E-state index is 12.9. The quantitative estimate of drug-likeness (QED) is 0.286. The SMILES string of the molecule is Cc1ccc(NC(=O)CCN2C(=S)NC(c3ccccn3)C2c2c(C)c(C)n(-c3ccccc3)c2C)cc1. The van der Waals surface area contributed by atoms with Crippen molar-refractivity contribution in [1.29, 1.82) is 0 Å². The fourth-order valence-electron chi connectivity index (χ4n) is 5.45. The highest BCUT2D eigenvalue weighted by molar-refractivity contribution is 7.80. The number of amides is 1. The Kier molecular flexibility index (Phi) is 7.29. The molecule has 2 atom stereocenters. The van der Waals surface area contributed by atoms with Gasteiger partial charge in [0.2, 0.25) is 5.91 Å². The first-order valence-corrected chi connectivity index (χ1v) is 13.3. The van der Waals surface area contributed by atoms with Gasteiger partial charge in [-0.15, -0.1) is 0 Å². The summed E-state index contributed by atoms with van der Waals surface area (Å²) in [5, 5.41) is 7.18. The van der Waals surface area contributed by atoms with E-state index in [0.717, 1.165) is 28.3 Å². The molecule has 0 radical (unpaired) electrons. The molecule has 0 bridgehead atoms. The van der Waals surface area contributed by atoms with Gasteiger partial charge in [0, 0.05) is 47.5 Å². The summed E-state index contributed by atoms with van der Waals surface area (Å²) in [5.74, 6) is -0.0387. The van der Waals surface area contributed by atoms with Crippen LogP contribution in [0, 0.1) is 27.7 Å². The number of hydrogen-bond donors (Lipinski definition) is 2. The summed E-state index contributed by atoms with van der Waals surface area (Å²) in [5.41, 5.74) is 8.80. The molecule has 2 N–H and O–H groups in total. The molecule has 1 saturated heterocycles. The minimum atomic E-state index is -0.132. The van der Waals surface area contributed by atoms with Crippen LogP contribution in [-0.2, 0) is 4.79 Å². The highest BCUT2D eigenvalue weighted by Gasteiger charge is 2.42. The second kappa shape index (κ2) is 10.8. The smallest absolute Gasteiger partial charge is 0.226 e. The zero-order chi connectivity index (χ0) is 26.8. The fourth-order valence-corrected chi connectivity index (χ4v) is 5.78. The Morgan fingerprint density at radius 1 is 0.947 bits per heavy atom. The van der Waals surface area contributed by atoms with E-state index in [1.165, 1.54) is 16.8 Å². The van der Waals surface area contributed by atoms with Gasteiger partial charge in [0.1, 0.15) is 0 Å². The van der Waals surface area contributed by atoms with Crippen LogP contribution in [0.3, 0.4) is 0 Å². The molecule has 1 aliphatic rings. The van der Waals surface area contributed by atoms with E-state index in [4.69, 9.17) is 12.2 Å². The summed E-state index contributed by atoms with van der Waals surface area (Å²) >= 11 is 5.86. The lowest BCUT2D eigenvalue weighted by atomic mass is 9.93. The standard InChI is InChI=1S/C31H33N5OS/c1-20-13-15-24(16-14-20)33-27(37)17-19-35-30(29(34-31(35)38)26-12-8-9-18-32-26)28-21(2)22(3)36(23(28)4)25-10-6-5-7-11-25/h5-16,18,29-30H,17,19H2,1-4H3,(H,33,37)(H,34,38). The number of carbonyl (C=O) groups excluding carboxylic acids is 1. The van der Waals surface area contributed by atoms with Crippen LogP contribution in [0.5, 0.6) is 0 Å². The Hall–Kier alpha value is -3.97. The van der Waals surface area contributed by atoms with E-state index in [2.05, 4.69) is 70.1 Å². The van der Waals surface area contributed by atoms with Gasteiger partial charge in [-0.25, -0.2) is 0 Å². The number of thiocarbonyl (C=S) groups is 1. The molecule has 0 spiro atoms. The van der Waals surface area contributed by atoms with E-state index >= 15 is 0 Å². The Labute approximate surface area is 229 Å². The lowest BCUT2D eigenvalue weighted by Gasteiger charge is -2.29. The van der Waals surface area contributed by atoms with Gasteiger partial charge in [0.25, 0.3) is 0 Å². The van der Waals surface area contributed by atoms with Crippen LogP contribution in [0.2, 0.25) is 0 Å². The Bertz CT molecular complexity index is 1450. The normalized spacial score (nSPS) is 16.9. The second-order valence-electron chi connectivity index (χ2n) is 9.86. The van der Waals surface area contributed by atoms with Crippen molar-refractivity contribution in [3.63, 3.8) is 0 Å². The van der Waals surface area contributed by atoms with Crippen LogP contribution >= 0.6 is 12.2 Å². The van der Waals surface area contributed by atoms with Crippen molar-refractivity contribution >= 4 is 28.9 Å². The van der Waals surface area contributed by atoms with E-state index in [9.17, 15) is 4.79 Å². The number of hydrogen-bond acceptors (Lipinski definition) is 3. The van der Waals surface area contributed by atoms with Crippen molar-refractivity contribution in [1.82, 2.24) is 19.8 Å². The van der Waals surface area contributed by atoms with Crippen molar-refractivity contribution in [2.45, 2.75) is 46.2 Å². The first kappa shape index (κ1) is 25.7. The molecular weight excluding hydrogens is 490 g/mol. The van der Waals surface area contributed by atoms with Crippen molar-refractivity contribution in [2.75, 3.05) is 11.9 Å². The van der Waals surface area contributed by atoms with Crippen molar-refractivity contribution in [3.05, 3.63) is 113 Å². The molecule has 194 valence electrons. The molecule has 6 nitrogen and oxygen atoms in total. The minimum Gasteiger partial charge on any atom is -0.352 e. The average Bonchev–Trinajstić information content (AvgIpc) is 3.36. The number of aryl methyl sites for hydroxylation is 1. The summed E-state index contributed by atoms with van der Waals surface area (Å²) in [6.07, 6.45) is 2.13. The highest BCUT2D eigenvalue weighted by atomic mass is 32.1. The third-order valence-corrected chi connectivity index (χ3v) is 7.78. The Morgan fingerprint density at radius 2 is 1.66 bits per heavy atom. The first-order chi connectivity index (χ1) is 18.3. The van der Waals surface area contributed by atoms with Crippen LogP contribution < -0.4 is 10.6 Å². The molecule has 1 fully saturated rings. The monoisotopic (exact) mass is 523 g/mol. The summed E-state index contributed by atoms with van der Waals surface area (Å²) in [7, 11) is 0. The van der Waals surface area contributed by atoms with E-state index in [1.807, 2.05) is 61.7 Å². The predicted octanol–water partition coefficient (Wildman–Crippen LogP) is 6.11. The van der Waals surface area contributed by atoms with Crippen molar-refractivity contribution in [3.8, 4) is 5.69 Å². The van der Waals surface area contributed by atoms with Crippen LogP contribution in [0.25, 0.3) is 5.69 Å². The van der Waals surface area contributed by atoms with E-state index in [1.54, 1.807) is 0 Å². The molecule has 1 aliphatic heterocycles. The molecule has 1 amide bonds. The predicted molar refractivity (Wildman–Crippen MR) is 157 cm³/mol. The van der Waals surface area contributed by atoms with Crippen LogP contribution in [0.4, 0.5) is 5.69 Å². The van der Waals surface area contributed by atoms with Gasteiger partial charge in [-0.3, -0.25) is 9.78 Å². The van der Waals surface area contributed by atoms with E-state index in [-0.39, 0.29) is 18.0 Å². The number of nitrogens with one attached hydrogen (secondary N) is 2. The number of benzene rings is 2. The van der Waals surface area contributed by atoms with Crippen molar-refractivity contribution in [2.24, 2.45) is 0 Å². The summed E-state index contributed by atoms with van der Waals surface area (Å²) in [6.45, 7) is 9.03. The van der Waals surface area contributed by atoms with E-state index in [0.29, 0.717) is 18.1 Å². The maximum Gasteiger partial charge on any atom is 0.226 e. The molecule has 0 aliphatic carbocycles. The molecule has 38 heavy (non-hydrogen) atoms. The van der Waals surface area contributed by atoms with Gasteiger partial charge >= 0.3 is 0 Å². The summed E-state index contributed by atoms with van der Waals surface area (Å²) in [6, 6.07) is 24.0. The maximum atomic E-state index is 12.9. The third-order valence-electron chi connectivity index (χ3n) is 7.43. The van der Waals surface area contributed by atoms with E-state index < -0.39 is 0 Å². The number of nitrogens with zero attached hydrogens (tertiary/aromatic N) is 3. The van der Waals surface area contributed by atoms with Gasteiger partial charge in [-0.2, -0.15) is 0 Å². The number of aromatic nitrogens is 2. The number of rotatable bonds is 7. The molecular formula is C31H33N5OS. The van der Waals surface area contributed by atoms with Gasteiger partial charge in [0.15, 0.2) is 5.11 Å². The molecule has 3 heterocycles. The molecule has 0 saturated carbocycles. The largest absolute Gasteiger partial charge is 0.352 e. The number of carbonyl (C=O) groups is 1. The molecule has 7 heteroatoms. The zero-order valence-electron chi connectivity index (χ0n) is 22.2. The summed E-state index contributed by atoms with van der Waals surface area (Å²) in [4.78, 5) is 19.8. The zero-order valence-corrected chi connectivity index (χ0v) is 23.0.